The molecule has 1 amide bonds. The van der Waals surface area contributed by atoms with Crippen LogP contribution in [0.25, 0.3) is 0 Å². The van der Waals surface area contributed by atoms with Gasteiger partial charge in [-0.2, -0.15) is 0 Å². The quantitative estimate of drug-likeness (QED) is 0.733. The van der Waals surface area contributed by atoms with E-state index in [-0.39, 0.29) is 18.4 Å². The van der Waals surface area contributed by atoms with Crippen LogP contribution in [0.3, 0.4) is 0 Å². The average molecular weight is 248 g/mol. The molecule has 0 radical (unpaired) electrons. The number of hydrogen-bond donors (Lipinski definition) is 3. The molecule has 0 bridgehead atoms. The van der Waals surface area contributed by atoms with Crippen LogP contribution in [0.2, 0.25) is 0 Å². The Balaban J connectivity index is 1.93. The molecule has 1 aliphatic heterocycles. The van der Waals surface area contributed by atoms with Crippen molar-refractivity contribution >= 4 is 11.6 Å². The molecule has 1 saturated heterocycles. The molecule has 2 rings (SSSR count). The van der Waals surface area contributed by atoms with Crippen molar-refractivity contribution < 1.29 is 9.90 Å². The first-order valence-electron chi connectivity index (χ1n) is 6.51. The summed E-state index contributed by atoms with van der Waals surface area (Å²) in [6, 6.07) is 7.84. The second-order valence-corrected chi connectivity index (χ2v) is 4.71. The molecule has 98 valence electrons. The first kappa shape index (κ1) is 13.1. The predicted molar refractivity (Wildman–Crippen MR) is 71.5 cm³/mol. The maximum atomic E-state index is 11.9. The molecule has 1 heterocycles. The van der Waals surface area contributed by atoms with Crippen LogP contribution in [0.1, 0.15) is 18.4 Å². The molecule has 0 aromatic heterocycles. The fraction of sp³-hybridized carbons (Fsp3) is 0.500. The van der Waals surface area contributed by atoms with Gasteiger partial charge in [0.2, 0.25) is 5.91 Å². The number of aliphatic hydroxyl groups is 1. The molecule has 1 atom stereocenters. The number of hydrogen-bond acceptors (Lipinski definition) is 3. The van der Waals surface area contributed by atoms with E-state index in [9.17, 15) is 4.79 Å². The first-order valence-corrected chi connectivity index (χ1v) is 6.51. The van der Waals surface area contributed by atoms with Gasteiger partial charge in [-0.3, -0.25) is 4.79 Å². The van der Waals surface area contributed by atoms with Crippen LogP contribution in [-0.2, 0) is 11.2 Å². The number of carbonyl (C=O) groups excluding carboxylic acids is 1. The molecular weight excluding hydrogens is 228 g/mol. The molecule has 4 nitrogen and oxygen atoms in total. The van der Waals surface area contributed by atoms with E-state index in [1.807, 2.05) is 24.3 Å². The number of anilines is 1. The molecule has 0 saturated carbocycles. The Morgan fingerprint density at radius 3 is 3.11 bits per heavy atom. The SMILES string of the molecule is O=C(Nc1cccc(CCCO)c1)C1CCNC1. The Labute approximate surface area is 107 Å². The lowest BCUT2D eigenvalue weighted by Gasteiger charge is -2.10. The monoisotopic (exact) mass is 248 g/mol. The van der Waals surface area contributed by atoms with Crippen LogP contribution < -0.4 is 10.6 Å². The Bertz CT molecular complexity index is 401. The highest BCUT2D eigenvalue weighted by Gasteiger charge is 2.22. The Kier molecular flexibility index (Phi) is 4.73. The summed E-state index contributed by atoms with van der Waals surface area (Å²) in [7, 11) is 0. The van der Waals surface area contributed by atoms with Gasteiger partial charge in [0.25, 0.3) is 0 Å². The zero-order valence-electron chi connectivity index (χ0n) is 10.5. The third-order valence-electron chi connectivity index (χ3n) is 3.25. The second-order valence-electron chi connectivity index (χ2n) is 4.71. The second kappa shape index (κ2) is 6.52. The maximum Gasteiger partial charge on any atom is 0.228 e. The molecule has 0 aliphatic carbocycles. The van der Waals surface area contributed by atoms with E-state index in [4.69, 9.17) is 5.11 Å². The van der Waals surface area contributed by atoms with Crippen molar-refractivity contribution in [2.45, 2.75) is 19.3 Å². The van der Waals surface area contributed by atoms with E-state index in [2.05, 4.69) is 10.6 Å². The third kappa shape index (κ3) is 3.55. The van der Waals surface area contributed by atoms with Crippen LogP contribution >= 0.6 is 0 Å². The van der Waals surface area contributed by atoms with Crippen molar-refractivity contribution in [1.82, 2.24) is 5.32 Å². The van der Waals surface area contributed by atoms with E-state index >= 15 is 0 Å². The highest BCUT2D eigenvalue weighted by molar-refractivity contribution is 5.92. The summed E-state index contributed by atoms with van der Waals surface area (Å²) in [5, 5.41) is 15.0. The summed E-state index contributed by atoms with van der Waals surface area (Å²) in [4.78, 5) is 11.9. The number of carbonyl (C=O) groups is 1. The van der Waals surface area contributed by atoms with Crippen LogP contribution in [0.5, 0.6) is 0 Å². The van der Waals surface area contributed by atoms with Gasteiger partial charge >= 0.3 is 0 Å². The third-order valence-corrected chi connectivity index (χ3v) is 3.25. The molecule has 4 heteroatoms. The molecule has 1 aliphatic rings. The molecule has 0 spiro atoms. The summed E-state index contributed by atoms with van der Waals surface area (Å²) < 4.78 is 0. The minimum atomic E-state index is 0.0890. The molecule has 3 N–H and O–H groups in total. The van der Waals surface area contributed by atoms with E-state index in [0.717, 1.165) is 43.6 Å². The van der Waals surface area contributed by atoms with Gasteiger partial charge in [-0.05, 0) is 43.5 Å². The number of benzene rings is 1. The molecule has 1 fully saturated rings. The number of amides is 1. The fourth-order valence-corrected chi connectivity index (χ4v) is 2.21. The lowest BCUT2D eigenvalue weighted by Crippen LogP contribution is -2.24. The lowest BCUT2D eigenvalue weighted by molar-refractivity contribution is -0.119. The summed E-state index contributed by atoms with van der Waals surface area (Å²) in [5.74, 6) is 0.186. The highest BCUT2D eigenvalue weighted by atomic mass is 16.2. The van der Waals surface area contributed by atoms with Gasteiger partial charge in [-0.15, -0.1) is 0 Å². The highest BCUT2D eigenvalue weighted by Crippen LogP contribution is 2.15. The van der Waals surface area contributed by atoms with Gasteiger partial charge in [0.05, 0.1) is 5.92 Å². The Hall–Kier alpha value is -1.39. The number of aliphatic hydroxyl groups excluding tert-OH is 1. The van der Waals surface area contributed by atoms with Gasteiger partial charge in [0.15, 0.2) is 0 Å². The van der Waals surface area contributed by atoms with E-state index in [1.165, 1.54) is 0 Å². The summed E-state index contributed by atoms with van der Waals surface area (Å²) in [5.41, 5.74) is 1.99. The van der Waals surface area contributed by atoms with Crippen molar-refractivity contribution in [2.24, 2.45) is 5.92 Å². The number of rotatable bonds is 5. The normalized spacial score (nSPS) is 18.8. The molecule has 1 aromatic rings. The minimum Gasteiger partial charge on any atom is -0.396 e. The van der Waals surface area contributed by atoms with E-state index < -0.39 is 0 Å². The smallest absolute Gasteiger partial charge is 0.228 e. The van der Waals surface area contributed by atoms with Crippen molar-refractivity contribution in [2.75, 3.05) is 25.0 Å². The van der Waals surface area contributed by atoms with Crippen LogP contribution in [0.4, 0.5) is 5.69 Å². The van der Waals surface area contributed by atoms with Crippen LogP contribution in [0, 0.1) is 5.92 Å². The van der Waals surface area contributed by atoms with E-state index in [0.29, 0.717) is 0 Å². The van der Waals surface area contributed by atoms with Crippen LogP contribution in [-0.4, -0.2) is 30.7 Å². The van der Waals surface area contributed by atoms with Crippen LogP contribution in [0.15, 0.2) is 24.3 Å². The standard InChI is InChI=1S/C14H20N2O2/c17-8-2-4-11-3-1-5-13(9-11)16-14(18)12-6-7-15-10-12/h1,3,5,9,12,15,17H,2,4,6-8,10H2,(H,16,18). The van der Waals surface area contributed by atoms with Gasteiger partial charge in [-0.1, -0.05) is 12.1 Å². The number of aryl methyl sites for hydroxylation is 1. The van der Waals surface area contributed by atoms with Crippen molar-refractivity contribution in [3.8, 4) is 0 Å². The van der Waals surface area contributed by atoms with Gasteiger partial charge in [0.1, 0.15) is 0 Å². The Morgan fingerprint density at radius 2 is 2.39 bits per heavy atom. The minimum absolute atomic E-state index is 0.0890. The summed E-state index contributed by atoms with van der Waals surface area (Å²) >= 11 is 0. The molecule has 1 unspecified atom stereocenters. The Morgan fingerprint density at radius 1 is 1.50 bits per heavy atom. The average Bonchev–Trinajstić information content (AvgIpc) is 2.91. The van der Waals surface area contributed by atoms with Crippen molar-refractivity contribution in [3.05, 3.63) is 29.8 Å². The maximum absolute atomic E-state index is 11.9. The summed E-state index contributed by atoms with van der Waals surface area (Å²) in [6.07, 6.45) is 2.51. The van der Waals surface area contributed by atoms with Crippen molar-refractivity contribution in [3.63, 3.8) is 0 Å². The van der Waals surface area contributed by atoms with Crippen molar-refractivity contribution in [1.29, 1.82) is 0 Å². The van der Waals surface area contributed by atoms with Gasteiger partial charge in [-0.25, -0.2) is 0 Å². The molecular formula is C14H20N2O2. The molecule has 18 heavy (non-hydrogen) atoms. The first-order chi connectivity index (χ1) is 8.79. The number of nitrogens with one attached hydrogen (secondary N) is 2. The summed E-state index contributed by atoms with van der Waals surface area (Å²) in [6.45, 7) is 1.90. The van der Waals surface area contributed by atoms with E-state index in [1.54, 1.807) is 0 Å². The van der Waals surface area contributed by atoms with Gasteiger partial charge < -0.3 is 15.7 Å². The fourth-order valence-electron chi connectivity index (χ4n) is 2.21. The largest absolute Gasteiger partial charge is 0.396 e. The predicted octanol–water partition coefficient (Wildman–Crippen LogP) is 1.16. The lowest BCUT2D eigenvalue weighted by atomic mass is 10.1. The zero-order chi connectivity index (χ0) is 12.8. The topological polar surface area (TPSA) is 61.4 Å². The zero-order valence-corrected chi connectivity index (χ0v) is 10.5. The molecule has 1 aromatic carbocycles. The van der Waals surface area contributed by atoms with Gasteiger partial charge in [0, 0.05) is 18.8 Å².